The van der Waals surface area contributed by atoms with Crippen molar-refractivity contribution in [2.45, 2.75) is 33.6 Å². The maximum Gasteiger partial charge on any atom is 0.141 e. The quantitative estimate of drug-likeness (QED) is 0.851. The Labute approximate surface area is 123 Å². The third-order valence-electron chi connectivity index (χ3n) is 3.85. The maximum atomic E-state index is 5.46. The van der Waals surface area contributed by atoms with Crippen molar-refractivity contribution in [3.63, 3.8) is 0 Å². The molecule has 20 heavy (non-hydrogen) atoms. The lowest BCUT2D eigenvalue weighted by Gasteiger charge is -2.29. The third-order valence-corrected chi connectivity index (χ3v) is 4.96. The summed E-state index contributed by atoms with van der Waals surface area (Å²) in [5.41, 5.74) is 1.32. The Bertz CT molecular complexity index is 630. The predicted octanol–water partition coefficient (Wildman–Crippen LogP) is 3.27. The fraction of sp³-hybridized carbons (Fsp3) is 0.600. The second-order valence-electron chi connectivity index (χ2n) is 5.62. The van der Waals surface area contributed by atoms with Crippen molar-refractivity contribution in [3.8, 4) is 0 Å². The number of thiophene rings is 1. The van der Waals surface area contributed by atoms with Crippen LogP contribution in [0.5, 0.6) is 0 Å². The number of fused-ring (bicyclic) bond motifs is 1. The molecular weight excluding hydrogens is 270 g/mol. The largest absolute Gasteiger partial charge is 0.378 e. The zero-order chi connectivity index (χ0) is 14.3. The number of nitrogens with zero attached hydrogens (tertiary/aromatic N) is 3. The fourth-order valence-electron chi connectivity index (χ4n) is 2.51. The maximum absolute atomic E-state index is 5.46. The molecule has 0 radical (unpaired) electrons. The average Bonchev–Trinajstić information content (AvgIpc) is 2.74. The lowest BCUT2D eigenvalue weighted by molar-refractivity contribution is 0.122. The fourth-order valence-corrected chi connectivity index (χ4v) is 3.54. The van der Waals surface area contributed by atoms with E-state index in [1.165, 1.54) is 15.8 Å². The molecule has 0 N–H and O–H groups in total. The number of hydrogen-bond acceptors (Lipinski definition) is 5. The molecule has 1 fully saturated rings. The van der Waals surface area contributed by atoms with Crippen LogP contribution in [0.2, 0.25) is 0 Å². The van der Waals surface area contributed by atoms with Crippen molar-refractivity contribution >= 4 is 27.4 Å². The zero-order valence-corrected chi connectivity index (χ0v) is 13.4. The number of rotatable bonds is 2. The van der Waals surface area contributed by atoms with Gasteiger partial charge < -0.3 is 9.64 Å². The second-order valence-corrected chi connectivity index (χ2v) is 6.83. The smallest absolute Gasteiger partial charge is 0.141 e. The highest BCUT2D eigenvalue weighted by atomic mass is 32.1. The summed E-state index contributed by atoms with van der Waals surface area (Å²) in [6.45, 7) is 12.0. The van der Waals surface area contributed by atoms with E-state index in [1.807, 2.05) is 0 Å². The molecular formula is C15H21N3OS. The molecule has 3 heterocycles. The first kappa shape index (κ1) is 13.8. The van der Waals surface area contributed by atoms with Crippen LogP contribution in [0.25, 0.3) is 10.2 Å². The first-order valence-electron chi connectivity index (χ1n) is 7.18. The molecule has 1 aliphatic rings. The molecule has 0 atom stereocenters. The lowest BCUT2D eigenvalue weighted by Crippen LogP contribution is -2.37. The third kappa shape index (κ3) is 2.29. The zero-order valence-electron chi connectivity index (χ0n) is 12.6. The van der Waals surface area contributed by atoms with Crippen molar-refractivity contribution in [3.05, 3.63) is 16.3 Å². The summed E-state index contributed by atoms with van der Waals surface area (Å²) < 4.78 is 5.46. The molecule has 0 amide bonds. The van der Waals surface area contributed by atoms with E-state index in [2.05, 4.69) is 32.6 Å². The van der Waals surface area contributed by atoms with Crippen molar-refractivity contribution in [1.29, 1.82) is 0 Å². The number of ether oxygens (including phenoxy) is 1. The van der Waals surface area contributed by atoms with E-state index in [1.54, 1.807) is 11.3 Å². The second kappa shape index (κ2) is 5.30. The highest BCUT2D eigenvalue weighted by molar-refractivity contribution is 7.18. The first-order valence-corrected chi connectivity index (χ1v) is 8.00. The molecule has 4 nitrogen and oxygen atoms in total. The van der Waals surface area contributed by atoms with Crippen LogP contribution in [-0.4, -0.2) is 36.3 Å². The molecule has 0 saturated carbocycles. The van der Waals surface area contributed by atoms with Gasteiger partial charge in [-0.1, -0.05) is 13.8 Å². The Balaban J connectivity index is 2.20. The minimum atomic E-state index is 0.349. The van der Waals surface area contributed by atoms with Gasteiger partial charge in [-0.05, 0) is 19.4 Å². The van der Waals surface area contributed by atoms with E-state index < -0.39 is 0 Å². The topological polar surface area (TPSA) is 38.2 Å². The first-order chi connectivity index (χ1) is 9.58. The number of aromatic nitrogens is 2. The van der Waals surface area contributed by atoms with Crippen LogP contribution in [0.15, 0.2) is 0 Å². The average molecular weight is 291 g/mol. The number of hydrogen-bond donors (Lipinski definition) is 0. The van der Waals surface area contributed by atoms with Crippen LogP contribution >= 0.6 is 11.3 Å². The molecule has 3 rings (SSSR count). The minimum Gasteiger partial charge on any atom is -0.378 e. The van der Waals surface area contributed by atoms with Crippen LogP contribution in [0.1, 0.15) is 36.0 Å². The Morgan fingerprint density at radius 3 is 2.50 bits per heavy atom. The monoisotopic (exact) mass is 291 g/mol. The van der Waals surface area contributed by atoms with Crippen LogP contribution in [-0.2, 0) is 4.74 Å². The van der Waals surface area contributed by atoms with E-state index in [4.69, 9.17) is 14.7 Å². The molecule has 0 spiro atoms. The van der Waals surface area contributed by atoms with Crippen molar-refractivity contribution in [1.82, 2.24) is 9.97 Å². The normalized spacial score (nSPS) is 16.4. The van der Waals surface area contributed by atoms with Crippen LogP contribution in [0.4, 0.5) is 5.82 Å². The summed E-state index contributed by atoms with van der Waals surface area (Å²) >= 11 is 1.78. The number of anilines is 1. The van der Waals surface area contributed by atoms with Crippen molar-refractivity contribution in [2.24, 2.45) is 0 Å². The molecule has 0 bridgehead atoms. The molecule has 0 aliphatic carbocycles. The van der Waals surface area contributed by atoms with Crippen LogP contribution in [0, 0.1) is 13.8 Å². The van der Waals surface area contributed by atoms with Gasteiger partial charge >= 0.3 is 0 Å². The SMILES string of the molecule is Cc1sc2nc(C(C)C)nc(N3CCOCC3)c2c1C. The summed E-state index contributed by atoms with van der Waals surface area (Å²) in [5, 5.41) is 1.24. The van der Waals surface area contributed by atoms with Gasteiger partial charge in [0.2, 0.25) is 0 Å². The van der Waals surface area contributed by atoms with Crippen molar-refractivity contribution < 1.29 is 4.74 Å². The molecule has 0 aromatic carbocycles. The van der Waals surface area contributed by atoms with Gasteiger partial charge in [0.15, 0.2) is 0 Å². The van der Waals surface area contributed by atoms with Crippen LogP contribution < -0.4 is 4.90 Å². The van der Waals surface area contributed by atoms with Gasteiger partial charge in [-0.2, -0.15) is 0 Å². The van der Waals surface area contributed by atoms with E-state index in [-0.39, 0.29) is 0 Å². The summed E-state index contributed by atoms with van der Waals surface area (Å²) in [4.78, 5) is 14.4. The van der Waals surface area contributed by atoms with E-state index in [0.29, 0.717) is 5.92 Å². The summed E-state index contributed by atoms with van der Waals surface area (Å²) in [5.74, 6) is 2.39. The van der Waals surface area contributed by atoms with Gasteiger partial charge in [-0.15, -0.1) is 11.3 Å². The highest BCUT2D eigenvalue weighted by Crippen LogP contribution is 2.36. The van der Waals surface area contributed by atoms with Gasteiger partial charge in [-0.25, -0.2) is 9.97 Å². The summed E-state index contributed by atoms with van der Waals surface area (Å²) in [6.07, 6.45) is 0. The van der Waals surface area contributed by atoms with Crippen LogP contribution in [0.3, 0.4) is 0 Å². The number of morpholine rings is 1. The molecule has 1 saturated heterocycles. The molecule has 5 heteroatoms. The van der Waals surface area contributed by atoms with Gasteiger partial charge in [0.05, 0.1) is 18.6 Å². The Morgan fingerprint density at radius 2 is 1.85 bits per heavy atom. The molecule has 108 valence electrons. The molecule has 0 unspecified atom stereocenters. The van der Waals surface area contributed by atoms with Gasteiger partial charge in [0, 0.05) is 23.9 Å². The summed E-state index contributed by atoms with van der Waals surface area (Å²) in [7, 11) is 0. The standard InChI is InChI=1S/C15H21N3OS/c1-9(2)13-16-14(18-5-7-19-8-6-18)12-10(3)11(4)20-15(12)17-13/h9H,5-8H2,1-4H3. The minimum absolute atomic E-state index is 0.349. The van der Waals surface area contributed by atoms with E-state index in [9.17, 15) is 0 Å². The highest BCUT2D eigenvalue weighted by Gasteiger charge is 2.21. The van der Waals surface area contributed by atoms with Crippen molar-refractivity contribution in [2.75, 3.05) is 31.2 Å². The Kier molecular flexibility index (Phi) is 3.65. The molecule has 2 aromatic rings. The van der Waals surface area contributed by atoms with Gasteiger partial charge in [0.1, 0.15) is 16.5 Å². The summed E-state index contributed by atoms with van der Waals surface area (Å²) in [6, 6.07) is 0. The molecule has 1 aliphatic heterocycles. The van der Waals surface area contributed by atoms with E-state index >= 15 is 0 Å². The lowest BCUT2D eigenvalue weighted by atomic mass is 10.1. The van der Waals surface area contributed by atoms with Gasteiger partial charge in [-0.3, -0.25) is 0 Å². The van der Waals surface area contributed by atoms with Gasteiger partial charge in [0.25, 0.3) is 0 Å². The Hall–Kier alpha value is -1.20. The Morgan fingerprint density at radius 1 is 1.15 bits per heavy atom. The van der Waals surface area contributed by atoms with E-state index in [0.717, 1.165) is 42.8 Å². The molecule has 2 aromatic heterocycles. The predicted molar refractivity (Wildman–Crippen MR) is 84.0 cm³/mol. The number of aryl methyl sites for hydroxylation is 2.